The molecule has 0 unspecified atom stereocenters. The summed E-state index contributed by atoms with van der Waals surface area (Å²) < 4.78 is 5.75. The van der Waals surface area contributed by atoms with E-state index in [1.54, 1.807) is 11.3 Å². The Morgan fingerprint density at radius 1 is 1.26 bits per heavy atom. The van der Waals surface area contributed by atoms with E-state index in [0.717, 1.165) is 6.42 Å². The average Bonchev–Trinajstić information content (AvgIpc) is 2.90. The first-order valence-corrected chi connectivity index (χ1v) is 7.30. The van der Waals surface area contributed by atoms with Crippen LogP contribution >= 0.6 is 11.3 Å². The van der Waals surface area contributed by atoms with Gasteiger partial charge >= 0.3 is 0 Å². The fraction of sp³-hybridized carbons (Fsp3) is 0.312. The number of benzene rings is 1. The molecular weight excluding hydrogens is 254 g/mol. The van der Waals surface area contributed by atoms with Crippen molar-refractivity contribution in [3.63, 3.8) is 0 Å². The number of nitriles is 1. The quantitative estimate of drug-likeness (QED) is 0.828. The summed E-state index contributed by atoms with van der Waals surface area (Å²) in [6.07, 6.45) is 0.929. The molecule has 2 aromatic rings. The first-order valence-electron chi connectivity index (χ1n) is 6.42. The summed E-state index contributed by atoms with van der Waals surface area (Å²) >= 11 is 1.67. The Labute approximate surface area is 117 Å². The molecule has 0 bridgehead atoms. The van der Waals surface area contributed by atoms with E-state index in [1.807, 2.05) is 29.6 Å². The lowest BCUT2D eigenvalue weighted by molar-refractivity contribution is 0.108. The molecule has 1 fully saturated rings. The Balaban J connectivity index is 1.55. The maximum absolute atomic E-state index is 9.42. The van der Waals surface area contributed by atoms with Crippen LogP contribution in [0.15, 0.2) is 47.8 Å². The van der Waals surface area contributed by atoms with Crippen molar-refractivity contribution < 1.29 is 4.74 Å². The van der Waals surface area contributed by atoms with Gasteiger partial charge in [-0.3, -0.25) is 0 Å². The van der Waals surface area contributed by atoms with Crippen molar-refractivity contribution in [2.75, 3.05) is 6.61 Å². The molecule has 19 heavy (non-hydrogen) atoms. The summed E-state index contributed by atoms with van der Waals surface area (Å²) in [6, 6.07) is 16.7. The van der Waals surface area contributed by atoms with E-state index >= 15 is 0 Å². The van der Waals surface area contributed by atoms with Crippen molar-refractivity contribution in [3.05, 3.63) is 58.3 Å². The van der Waals surface area contributed by atoms with Crippen LogP contribution in [0.25, 0.3) is 0 Å². The van der Waals surface area contributed by atoms with E-state index in [-0.39, 0.29) is 5.41 Å². The van der Waals surface area contributed by atoms with Crippen LogP contribution in [-0.4, -0.2) is 6.61 Å². The van der Waals surface area contributed by atoms with Gasteiger partial charge in [0, 0.05) is 10.8 Å². The summed E-state index contributed by atoms with van der Waals surface area (Å²) in [7, 11) is 0. The number of nitrogens with zero attached hydrogens (tertiary/aromatic N) is 1. The summed E-state index contributed by atoms with van der Waals surface area (Å²) in [6.45, 7) is 1.30. The lowest BCUT2D eigenvalue weighted by atomic mass is 10.0. The zero-order valence-electron chi connectivity index (χ0n) is 10.6. The normalized spacial score (nSPS) is 24.9. The SMILES string of the molecule is N#C[C@]1(c2cccs2)C[C@@H]1COCc1ccccc1. The number of hydrogen-bond acceptors (Lipinski definition) is 3. The van der Waals surface area contributed by atoms with Crippen LogP contribution in [0.5, 0.6) is 0 Å². The molecule has 1 aromatic heterocycles. The van der Waals surface area contributed by atoms with E-state index in [4.69, 9.17) is 4.74 Å². The van der Waals surface area contributed by atoms with Gasteiger partial charge in [-0.1, -0.05) is 36.4 Å². The Morgan fingerprint density at radius 3 is 2.79 bits per heavy atom. The Bertz CT molecular complexity index is 573. The molecule has 3 rings (SSSR count). The minimum absolute atomic E-state index is 0.273. The Hall–Kier alpha value is -1.63. The molecule has 1 heterocycles. The summed E-state index contributed by atoms with van der Waals surface area (Å²) in [4.78, 5) is 1.18. The topological polar surface area (TPSA) is 33.0 Å². The second-order valence-electron chi connectivity index (χ2n) is 4.96. The van der Waals surface area contributed by atoms with E-state index < -0.39 is 0 Å². The highest BCUT2D eigenvalue weighted by Crippen LogP contribution is 2.55. The van der Waals surface area contributed by atoms with Gasteiger partial charge in [0.05, 0.1) is 24.7 Å². The first-order chi connectivity index (χ1) is 9.35. The zero-order valence-corrected chi connectivity index (χ0v) is 11.4. The molecule has 1 saturated carbocycles. The molecule has 0 spiro atoms. The molecule has 0 radical (unpaired) electrons. The fourth-order valence-corrected chi connectivity index (χ4v) is 3.42. The largest absolute Gasteiger partial charge is 0.376 e. The summed E-state index contributed by atoms with van der Waals surface area (Å²) in [5, 5.41) is 11.5. The standard InChI is InChI=1S/C16H15NOS/c17-12-16(15-7-4-8-19-15)9-14(16)11-18-10-13-5-2-1-3-6-13/h1-8,14H,9-11H2/t14-,16-/m1/s1. The molecule has 2 atom stereocenters. The smallest absolute Gasteiger partial charge is 0.0969 e. The molecule has 0 saturated heterocycles. The third kappa shape index (κ3) is 2.42. The highest BCUT2D eigenvalue weighted by atomic mass is 32.1. The van der Waals surface area contributed by atoms with E-state index in [1.165, 1.54) is 10.4 Å². The molecule has 0 aliphatic heterocycles. The van der Waals surface area contributed by atoms with Gasteiger partial charge in [-0.2, -0.15) is 5.26 Å². The maximum Gasteiger partial charge on any atom is 0.0969 e. The molecule has 0 N–H and O–H groups in total. The number of thiophene rings is 1. The van der Waals surface area contributed by atoms with Crippen LogP contribution < -0.4 is 0 Å². The zero-order chi connectivity index (χ0) is 13.1. The predicted molar refractivity (Wildman–Crippen MR) is 75.8 cm³/mol. The molecular formula is C16H15NOS. The lowest BCUT2D eigenvalue weighted by Crippen LogP contribution is -2.09. The third-order valence-electron chi connectivity index (χ3n) is 3.70. The van der Waals surface area contributed by atoms with Gasteiger partial charge in [0.1, 0.15) is 0 Å². The summed E-state index contributed by atoms with van der Waals surface area (Å²) in [5.74, 6) is 0.347. The number of ether oxygens (including phenoxy) is 1. The van der Waals surface area contributed by atoms with Gasteiger partial charge in [-0.05, 0) is 23.4 Å². The van der Waals surface area contributed by atoms with Crippen LogP contribution in [-0.2, 0) is 16.8 Å². The average molecular weight is 269 g/mol. The monoisotopic (exact) mass is 269 g/mol. The second kappa shape index (κ2) is 5.16. The van der Waals surface area contributed by atoms with E-state index in [2.05, 4.69) is 24.3 Å². The third-order valence-corrected chi connectivity index (χ3v) is 4.74. The maximum atomic E-state index is 9.42. The second-order valence-corrected chi connectivity index (χ2v) is 5.91. The van der Waals surface area contributed by atoms with Gasteiger partial charge < -0.3 is 4.74 Å². The Morgan fingerprint density at radius 2 is 2.11 bits per heavy atom. The molecule has 0 amide bonds. The first kappa shape index (κ1) is 12.4. The van der Waals surface area contributed by atoms with E-state index in [0.29, 0.717) is 19.1 Å². The van der Waals surface area contributed by atoms with Gasteiger partial charge in [0.2, 0.25) is 0 Å². The van der Waals surface area contributed by atoms with Crippen molar-refractivity contribution in [2.24, 2.45) is 5.92 Å². The highest BCUT2D eigenvalue weighted by molar-refractivity contribution is 7.10. The van der Waals surface area contributed by atoms with Crippen LogP contribution in [0.2, 0.25) is 0 Å². The van der Waals surface area contributed by atoms with Gasteiger partial charge in [0.25, 0.3) is 0 Å². The van der Waals surface area contributed by atoms with Crippen LogP contribution in [0.4, 0.5) is 0 Å². The van der Waals surface area contributed by atoms with Crippen LogP contribution in [0.1, 0.15) is 16.9 Å². The van der Waals surface area contributed by atoms with Crippen molar-refractivity contribution in [3.8, 4) is 6.07 Å². The van der Waals surface area contributed by atoms with Crippen molar-refractivity contribution >= 4 is 11.3 Å². The van der Waals surface area contributed by atoms with Crippen molar-refractivity contribution in [1.29, 1.82) is 5.26 Å². The number of rotatable bonds is 5. The van der Waals surface area contributed by atoms with Gasteiger partial charge in [0.15, 0.2) is 0 Å². The van der Waals surface area contributed by atoms with Crippen molar-refractivity contribution in [2.45, 2.75) is 18.4 Å². The van der Waals surface area contributed by atoms with Crippen LogP contribution in [0, 0.1) is 17.2 Å². The Kier molecular flexibility index (Phi) is 3.37. The fourth-order valence-electron chi connectivity index (χ4n) is 2.45. The molecule has 1 aliphatic carbocycles. The summed E-state index contributed by atoms with van der Waals surface area (Å²) in [5.41, 5.74) is 0.909. The molecule has 1 aliphatic rings. The van der Waals surface area contributed by atoms with Crippen LogP contribution in [0.3, 0.4) is 0 Å². The number of hydrogen-bond donors (Lipinski definition) is 0. The van der Waals surface area contributed by atoms with Gasteiger partial charge in [-0.25, -0.2) is 0 Å². The highest BCUT2D eigenvalue weighted by Gasteiger charge is 2.56. The molecule has 3 heteroatoms. The predicted octanol–water partition coefficient (Wildman–Crippen LogP) is 3.75. The minimum atomic E-state index is -0.273. The lowest BCUT2D eigenvalue weighted by Gasteiger charge is -2.07. The molecule has 1 aromatic carbocycles. The molecule has 96 valence electrons. The molecule has 2 nitrogen and oxygen atoms in total. The van der Waals surface area contributed by atoms with Crippen molar-refractivity contribution in [1.82, 2.24) is 0 Å². The minimum Gasteiger partial charge on any atom is -0.376 e. The van der Waals surface area contributed by atoms with Gasteiger partial charge in [-0.15, -0.1) is 11.3 Å². The van der Waals surface area contributed by atoms with E-state index in [9.17, 15) is 5.26 Å².